The molecule has 1 aliphatic heterocycles. The van der Waals surface area contributed by atoms with Gasteiger partial charge in [0.2, 0.25) is 0 Å². The number of hydrogen-bond acceptors (Lipinski definition) is 10. The molecule has 1 saturated heterocycles. The maximum absolute atomic E-state index is 12.8. The van der Waals surface area contributed by atoms with Crippen LogP contribution in [0.3, 0.4) is 0 Å². The normalized spacial score (nSPS) is 13.3. The van der Waals surface area contributed by atoms with Crippen molar-refractivity contribution in [3.63, 3.8) is 0 Å². The Balaban J connectivity index is 1.64. The zero-order valence-corrected chi connectivity index (χ0v) is 20.3. The number of urea groups is 1. The zero-order valence-electron chi connectivity index (χ0n) is 19.4. The molecule has 3 aromatic rings. The Labute approximate surface area is 206 Å². The Kier molecular flexibility index (Phi) is 8.06. The summed E-state index contributed by atoms with van der Waals surface area (Å²) in [6.07, 6.45) is 1.61. The molecule has 2 N–H and O–H groups in total. The van der Waals surface area contributed by atoms with E-state index in [4.69, 9.17) is 19.2 Å². The first-order valence-electron chi connectivity index (χ1n) is 11.2. The summed E-state index contributed by atoms with van der Waals surface area (Å²) in [5, 5.41) is 7.69. The number of morpholine rings is 1. The Hall–Kier alpha value is -3.77. The fourth-order valence-corrected chi connectivity index (χ4v) is 3.94. The van der Waals surface area contributed by atoms with E-state index in [0.29, 0.717) is 66.7 Å². The SMILES string of the molecule is CCOC(=O)c1nc(-c2ccc(NC(=O)Nc3nccs3)cc2)nc(N2CCOCC2)c1OCC. The summed E-state index contributed by atoms with van der Waals surface area (Å²) in [5.74, 6) is 0.588. The first-order valence-corrected chi connectivity index (χ1v) is 12.1. The largest absolute Gasteiger partial charge is 0.488 e. The molecule has 184 valence electrons. The van der Waals surface area contributed by atoms with Crippen LogP contribution in [-0.4, -0.2) is 66.5 Å². The standard InChI is InChI=1S/C23H26N6O5S/c1-3-33-18-17(21(30)34-4-2)26-19(27-20(18)29-10-12-32-13-11-29)15-5-7-16(8-6-15)25-22(31)28-23-24-9-14-35-23/h5-9,14H,3-4,10-13H2,1-2H3,(H2,24,25,28,31). The third-order valence-corrected chi connectivity index (χ3v) is 5.66. The predicted octanol–water partition coefficient (Wildman–Crippen LogP) is 3.66. The molecule has 3 heterocycles. The van der Waals surface area contributed by atoms with Crippen LogP contribution in [0.1, 0.15) is 24.3 Å². The van der Waals surface area contributed by atoms with Crippen molar-refractivity contribution in [3.8, 4) is 17.1 Å². The van der Waals surface area contributed by atoms with E-state index >= 15 is 0 Å². The monoisotopic (exact) mass is 498 g/mol. The molecule has 0 atom stereocenters. The topological polar surface area (TPSA) is 128 Å². The molecule has 1 fully saturated rings. The first kappa shape index (κ1) is 24.4. The zero-order chi connectivity index (χ0) is 24.6. The summed E-state index contributed by atoms with van der Waals surface area (Å²) in [6, 6.07) is 6.60. The van der Waals surface area contributed by atoms with Crippen molar-refractivity contribution < 1.29 is 23.8 Å². The molecule has 0 unspecified atom stereocenters. The highest BCUT2D eigenvalue weighted by Crippen LogP contribution is 2.33. The highest BCUT2D eigenvalue weighted by atomic mass is 32.1. The molecule has 2 amide bonds. The van der Waals surface area contributed by atoms with E-state index in [1.54, 1.807) is 42.8 Å². The summed E-state index contributed by atoms with van der Waals surface area (Å²) >= 11 is 1.33. The minimum atomic E-state index is -0.578. The molecule has 2 aromatic heterocycles. The second kappa shape index (κ2) is 11.6. The van der Waals surface area contributed by atoms with Crippen molar-refractivity contribution in [2.45, 2.75) is 13.8 Å². The Morgan fingerprint density at radius 2 is 1.86 bits per heavy atom. The van der Waals surface area contributed by atoms with Crippen molar-refractivity contribution >= 4 is 40.0 Å². The van der Waals surface area contributed by atoms with E-state index in [0.717, 1.165) is 0 Å². The van der Waals surface area contributed by atoms with Crippen LogP contribution in [0.4, 0.5) is 21.4 Å². The van der Waals surface area contributed by atoms with Gasteiger partial charge in [-0.2, -0.15) is 0 Å². The first-order chi connectivity index (χ1) is 17.1. The number of ether oxygens (including phenoxy) is 3. The Bertz CT molecular complexity index is 1150. The summed E-state index contributed by atoms with van der Waals surface area (Å²) < 4.78 is 16.5. The van der Waals surface area contributed by atoms with Gasteiger partial charge in [0, 0.05) is 35.9 Å². The number of amides is 2. The second-order valence-electron chi connectivity index (χ2n) is 7.30. The summed E-state index contributed by atoms with van der Waals surface area (Å²) in [6.45, 7) is 6.43. The van der Waals surface area contributed by atoms with Gasteiger partial charge in [-0.15, -0.1) is 11.3 Å². The average molecular weight is 499 g/mol. The third kappa shape index (κ3) is 6.03. The van der Waals surface area contributed by atoms with Crippen LogP contribution < -0.4 is 20.3 Å². The number of nitrogens with zero attached hydrogens (tertiary/aromatic N) is 4. The number of carbonyl (C=O) groups is 2. The van der Waals surface area contributed by atoms with Gasteiger partial charge in [0.15, 0.2) is 28.2 Å². The van der Waals surface area contributed by atoms with Crippen molar-refractivity contribution in [2.75, 3.05) is 55.1 Å². The fraction of sp³-hybridized carbons (Fsp3) is 0.348. The van der Waals surface area contributed by atoms with Crippen LogP contribution in [-0.2, 0) is 9.47 Å². The molecule has 0 bridgehead atoms. The van der Waals surface area contributed by atoms with Crippen LogP contribution >= 0.6 is 11.3 Å². The third-order valence-electron chi connectivity index (χ3n) is 4.97. The van der Waals surface area contributed by atoms with E-state index in [1.165, 1.54) is 11.3 Å². The lowest BCUT2D eigenvalue weighted by Gasteiger charge is -2.29. The van der Waals surface area contributed by atoms with Crippen LogP contribution in [0.15, 0.2) is 35.8 Å². The number of carbonyl (C=O) groups excluding carboxylic acids is 2. The van der Waals surface area contributed by atoms with Crippen molar-refractivity contribution in [2.24, 2.45) is 0 Å². The lowest BCUT2D eigenvalue weighted by molar-refractivity contribution is 0.0514. The number of esters is 1. The lowest BCUT2D eigenvalue weighted by Crippen LogP contribution is -2.37. The van der Waals surface area contributed by atoms with E-state index < -0.39 is 12.0 Å². The number of anilines is 3. The molecule has 0 spiro atoms. The van der Waals surface area contributed by atoms with Gasteiger partial charge in [-0.25, -0.2) is 24.5 Å². The van der Waals surface area contributed by atoms with E-state index in [-0.39, 0.29) is 12.3 Å². The molecule has 0 radical (unpaired) electrons. The van der Waals surface area contributed by atoms with Gasteiger partial charge < -0.3 is 24.4 Å². The van der Waals surface area contributed by atoms with E-state index in [2.05, 4.69) is 20.6 Å². The predicted molar refractivity (Wildman–Crippen MR) is 132 cm³/mol. The number of thiazole rings is 1. The quantitative estimate of drug-likeness (QED) is 0.447. The highest BCUT2D eigenvalue weighted by Gasteiger charge is 2.27. The number of aromatic nitrogens is 3. The van der Waals surface area contributed by atoms with E-state index in [9.17, 15) is 9.59 Å². The smallest absolute Gasteiger partial charge is 0.361 e. The van der Waals surface area contributed by atoms with Crippen molar-refractivity contribution in [3.05, 3.63) is 41.5 Å². The second-order valence-corrected chi connectivity index (χ2v) is 8.19. The number of nitrogens with one attached hydrogen (secondary N) is 2. The van der Waals surface area contributed by atoms with Crippen molar-refractivity contribution in [1.29, 1.82) is 0 Å². The number of benzene rings is 1. The molecule has 4 rings (SSSR count). The van der Waals surface area contributed by atoms with E-state index in [1.807, 2.05) is 11.8 Å². The van der Waals surface area contributed by atoms with Gasteiger partial charge in [0.1, 0.15) is 0 Å². The molecule has 1 aromatic carbocycles. The van der Waals surface area contributed by atoms with Gasteiger partial charge in [-0.1, -0.05) is 0 Å². The van der Waals surface area contributed by atoms with Crippen LogP contribution in [0.2, 0.25) is 0 Å². The lowest BCUT2D eigenvalue weighted by atomic mass is 10.2. The van der Waals surface area contributed by atoms with Gasteiger partial charge in [-0.3, -0.25) is 5.32 Å². The number of rotatable bonds is 8. The summed E-state index contributed by atoms with van der Waals surface area (Å²) in [7, 11) is 0. The molecule has 0 aliphatic carbocycles. The van der Waals surface area contributed by atoms with Crippen molar-refractivity contribution in [1.82, 2.24) is 15.0 Å². The average Bonchev–Trinajstić information content (AvgIpc) is 3.38. The van der Waals surface area contributed by atoms with Crippen LogP contribution in [0, 0.1) is 0 Å². The molecule has 0 saturated carbocycles. The highest BCUT2D eigenvalue weighted by molar-refractivity contribution is 7.13. The molecule has 11 nitrogen and oxygen atoms in total. The maximum Gasteiger partial charge on any atom is 0.361 e. The molecular formula is C23H26N6O5S. The van der Waals surface area contributed by atoms with Crippen LogP contribution in [0.25, 0.3) is 11.4 Å². The Morgan fingerprint density at radius 1 is 1.09 bits per heavy atom. The summed E-state index contributed by atoms with van der Waals surface area (Å²) in [5.41, 5.74) is 1.32. The molecule has 1 aliphatic rings. The minimum Gasteiger partial charge on any atom is -0.488 e. The van der Waals surface area contributed by atoms with Gasteiger partial charge in [0.25, 0.3) is 0 Å². The minimum absolute atomic E-state index is 0.0743. The fourth-order valence-electron chi connectivity index (χ4n) is 3.42. The van der Waals surface area contributed by atoms with Gasteiger partial charge >= 0.3 is 12.0 Å². The van der Waals surface area contributed by atoms with Gasteiger partial charge in [0.05, 0.1) is 26.4 Å². The maximum atomic E-state index is 12.8. The number of hydrogen-bond donors (Lipinski definition) is 2. The van der Waals surface area contributed by atoms with Crippen LogP contribution in [0.5, 0.6) is 5.75 Å². The summed E-state index contributed by atoms with van der Waals surface area (Å²) in [4.78, 5) is 40.2. The molecule has 12 heteroatoms. The molecular weight excluding hydrogens is 472 g/mol. The van der Waals surface area contributed by atoms with Gasteiger partial charge in [-0.05, 0) is 38.1 Å². The Morgan fingerprint density at radius 3 is 2.51 bits per heavy atom. The molecule has 35 heavy (non-hydrogen) atoms.